The molecule has 1 aromatic carbocycles. The van der Waals surface area contributed by atoms with Gasteiger partial charge >= 0.3 is 0 Å². The average molecular weight is 339 g/mol. The molecule has 1 saturated heterocycles. The Hall–Kier alpha value is -0.580. The van der Waals surface area contributed by atoms with Gasteiger partial charge in [0.15, 0.2) is 0 Å². The maximum absolute atomic E-state index is 6.14. The van der Waals surface area contributed by atoms with Gasteiger partial charge in [-0.1, -0.05) is 12.1 Å². The first-order valence-corrected chi connectivity index (χ1v) is 8.48. The van der Waals surface area contributed by atoms with Crippen LogP contribution in [0.4, 0.5) is 0 Å². The fourth-order valence-electron chi connectivity index (χ4n) is 3.30. The number of nitrogens with one attached hydrogen (secondary N) is 1. The smallest absolute Gasteiger partial charge is 0.133 e. The van der Waals surface area contributed by atoms with E-state index in [1.165, 1.54) is 38.8 Å². The number of halogens is 1. The SMILES string of the molecule is Brc1ccccc1OC1CCC(N2CCNCC2)CC1. The second-order valence-corrected chi connectivity index (χ2v) is 6.62. The molecule has 1 aliphatic carbocycles. The summed E-state index contributed by atoms with van der Waals surface area (Å²) in [5.41, 5.74) is 0. The zero-order chi connectivity index (χ0) is 13.8. The van der Waals surface area contributed by atoms with Gasteiger partial charge in [-0.05, 0) is 53.7 Å². The lowest BCUT2D eigenvalue weighted by molar-refractivity contribution is 0.0806. The summed E-state index contributed by atoms with van der Waals surface area (Å²) in [6.07, 6.45) is 5.28. The predicted octanol–water partition coefficient (Wildman–Crippen LogP) is 3.04. The molecule has 0 radical (unpaired) electrons. The molecule has 1 saturated carbocycles. The minimum Gasteiger partial charge on any atom is -0.489 e. The third-order valence-corrected chi connectivity index (χ3v) is 5.10. The first-order chi connectivity index (χ1) is 9.83. The third-order valence-electron chi connectivity index (χ3n) is 4.44. The van der Waals surface area contributed by atoms with Crippen LogP contribution in [0.5, 0.6) is 5.75 Å². The second kappa shape index (κ2) is 6.92. The van der Waals surface area contributed by atoms with Gasteiger partial charge in [0.25, 0.3) is 0 Å². The first kappa shape index (κ1) is 14.4. The van der Waals surface area contributed by atoms with Crippen LogP contribution >= 0.6 is 15.9 Å². The average Bonchev–Trinajstić information content (AvgIpc) is 2.51. The Bertz CT molecular complexity index is 426. The summed E-state index contributed by atoms with van der Waals surface area (Å²) < 4.78 is 7.20. The molecule has 3 nitrogen and oxygen atoms in total. The summed E-state index contributed by atoms with van der Waals surface area (Å²) in [6, 6.07) is 8.93. The van der Waals surface area contributed by atoms with E-state index in [1.807, 2.05) is 24.3 Å². The molecule has 4 heteroatoms. The fourth-order valence-corrected chi connectivity index (χ4v) is 3.67. The van der Waals surface area contributed by atoms with Crippen LogP contribution in [0.15, 0.2) is 28.7 Å². The Morgan fingerprint density at radius 2 is 1.75 bits per heavy atom. The lowest BCUT2D eigenvalue weighted by atomic mass is 9.91. The maximum atomic E-state index is 6.14. The monoisotopic (exact) mass is 338 g/mol. The van der Waals surface area contributed by atoms with Crippen LogP contribution in [0.1, 0.15) is 25.7 Å². The molecule has 1 N–H and O–H groups in total. The van der Waals surface area contributed by atoms with E-state index < -0.39 is 0 Å². The molecule has 0 spiro atoms. The Morgan fingerprint density at radius 1 is 1.05 bits per heavy atom. The quantitative estimate of drug-likeness (QED) is 0.916. The van der Waals surface area contributed by atoms with Gasteiger partial charge in [-0.25, -0.2) is 0 Å². The van der Waals surface area contributed by atoms with Crippen molar-refractivity contribution in [3.8, 4) is 5.75 Å². The molecule has 3 rings (SSSR count). The summed E-state index contributed by atoms with van der Waals surface area (Å²) in [6.45, 7) is 4.71. The number of hydrogen-bond donors (Lipinski definition) is 1. The number of ether oxygens (including phenoxy) is 1. The molecule has 0 amide bonds. The Morgan fingerprint density at radius 3 is 2.45 bits per heavy atom. The van der Waals surface area contributed by atoms with Crippen LogP contribution in [0, 0.1) is 0 Å². The van der Waals surface area contributed by atoms with Crippen molar-refractivity contribution in [1.29, 1.82) is 0 Å². The summed E-state index contributed by atoms with van der Waals surface area (Å²) >= 11 is 3.56. The van der Waals surface area contributed by atoms with E-state index >= 15 is 0 Å². The number of benzene rings is 1. The highest BCUT2D eigenvalue weighted by Crippen LogP contribution is 2.30. The summed E-state index contributed by atoms with van der Waals surface area (Å²) in [5.74, 6) is 0.984. The highest BCUT2D eigenvalue weighted by molar-refractivity contribution is 9.10. The van der Waals surface area contributed by atoms with Crippen molar-refractivity contribution in [3.63, 3.8) is 0 Å². The van der Waals surface area contributed by atoms with E-state index in [-0.39, 0.29) is 0 Å². The van der Waals surface area contributed by atoms with Gasteiger partial charge in [-0.2, -0.15) is 0 Å². The molecule has 0 atom stereocenters. The van der Waals surface area contributed by atoms with Gasteiger partial charge in [0.1, 0.15) is 5.75 Å². The number of hydrogen-bond acceptors (Lipinski definition) is 3. The highest BCUT2D eigenvalue weighted by Gasteiger charge is 2.27. The van der Waals surface area contributed by atoms with E-state index in [2.05, 4.69) is 26.1 Å². The minimum atomic E-state index is 0.382. The van der Waals surface area contributed by atoms with Crippen LogP contribution in [0.2, 0.25) is 0 Å². The summed E-state index contributed by atoms with van der Waals surface area (Å²) in [7, 11) is 0. The largest absolute Gasteiger partial charge is 0.489 e. The van der Waals surface area contributed by atoms with Crippen LogP contribution in [-0.4, -0.2) is 43.2 Å². The van der Waals surface area contributed by atoms with Crippen molar-refractivity contribution in [3.05, 3.63) is 28.7 Å². The Labute approximate surface area is 129 Å². The molecule has 0 unspecified atom stereocenters. The number of piperazine rings is 1. The van der Waals surface area contributed by atoms with E-state index in [1.54, 1.807) is 0 Å². The van der Waals surface area contributed by atoms with E-state index in [4.69, 9.17) is 4.74 Å². The molecule has 2 aliphatic rings. The van der Waals surface area contributed by atoms with Crippen molar-refractivity contribution in [2.45, 2.75) is 37.8 Å². The summed E-state index contributed by atoms with van der Waals surface area (Å²) in [5, 5.41) is 3.43. The standard InChI is InChI=1S/C16H23BrN2O/c17-15-3-1-2-4-16(15)20-14-7-5-13(6-8-14)19-11-9-18-10-12-19/h1-4,13-14,18H,5-12H2. The molecule has 20 heavy (non-hydrogen) atoms. The maximum Gasteiger partial charge on any atom is 0.133 e. The first-order valence-electron chi connectivity index (χ1n) is 7.69. The van der Waals surface area contributed by atoms with Gasteiger partial charge in [-0.15, -0.1) is 0 Å². The Kier molecular flexibility index (Phi) is 4.97. The number of nitrogens with zero attached hydrogens (tertiary/aromatic N) is 1. The predicted molar refractivity (Wildman–Crippen MR) is 85.3 cm³/mol. The van der Waals surface area contributed by atoms with Gasteiger partial charge in [0.2, 0.25) is 0 Å². The van der Waals surface area contributed by atoms with Crippen LogP contribution in [0.3, 0.4) is 0 Å². The second-order valence-electron chi connectivity index (χ2n) is 5.76. The van der Waals surface area contributed by atoms with Crippen molar-refractivity contribution in [2.24, 2.45) is 0 Å². The number of para-hydroxylation sites is 1. The molecule has 1 heterocycles. The van der Waals surface area contributed by atoms with Crippen LogP contribution in [-0.2, 0) is 0 Å². The fraction of sp³-hybridized carbons (Fsp3) is 0.625. The molecule has 0 aromatic heterocycles. The zero-order valence-electron chi connectivity index (χ0n) is 11.9. The lowest BCUT2D eigenvalue weighted by Gasteiger charge is -2.39. The Balaban J connectivity index is 1.50. The van der Waals surface area contributed by atoms with Gasteiger partial charge in [0, 0.05) is 32.2 Å². The molecule has 2 fully saturated rings. The number of rotatable bonds is 3. The lowest BCUT2D eigenvalue weighted by Crippen LogP contribution is -2.49. The van der Waals surface area contributed by atoms with Crippen molar-refractivity contribution in [2.75, 3.05) is 26.2 Å². The van der Waals surface area contributed by atoms with Gasteiger partial charge in [0.05, 0.1) is 10.6 Å². The minimum absolute atomic E-state index is 0.382. The normalized spacial score (nSPS) is 28.2. The highest BCUT2D eigenvalue weighted by atomic mass is 79.9. The third kappa shape index (κ3) is 3.54. The summed E-state index contributed by atoms with van der Waals surface area (Å²) in [4.78, 5) is 2.66. The molecule has 1 aliphatic heterocycles. The van der Waals surface area contributed by atoms with Crippen molar-refractivity contribution in [1.82, 2.24) is 10.2 Å². The molecular weight excluding hydrogens is 316 g/mol. The van der Waals surface area contributed by atoms with Crippen LogP contribution < -0.4 is 10.1 Å². The van der Waals surface area contributed by atoms with Crippen LogP contribution in [0.25, 0.3) is 0 Å². The molecular formula is C16H23BrN2O. The van der Waals surface area contributed by atoms with E-state index in [9.17, 15) is 0 Å². The van der Waals surface area contributed by atoms with E-state index in [0.717, 1.165) is 29.4 Å². The van der Waals surface area contributed by atoms with E-state index in [0.29, 0.717) is 6.10 Å². The van der Waals surface area contributed by atoms with Crippen molar-refractivity contribution >= 4 is 15.9 Å². The molecule has 110 valence electrons. The van der Waals surface area contributed by atoms with Gasteiger partial charge < -0.3 is 10.1 Å². The molecule has 1 aromatic rings. The van der Waals surface area contributed by atoms with Gasteiger partial charge in [-0.3, -0.25) is 4.90 Å². The zero-order valence-corrected chi connectivity index (χ0v) is 13.4. The van der Waals surface area contributed by atoms with Crippen molar-refractivity contribution < 1.29 is 4.74 Å². The topological polar surface area (TPSA) is 24.5 Å². The molecule has 0 bridgehead atoms.